The van der Waals surface area contributed by atoms with Crippen molar-refractivity contribution in [3.63, 3.8) is 0 Å². The molecule has 0 radical (unpaired) electrons. The molecule has 2 aromatic rings. The zero-order chi connectivity index (χ0) is 45.3. The number of alkyl carbamates (subject to hydrolysis) is 1. The van der Waals surface area contributed by atoms with Crippen molar-refractivity contribution in [3.05, 3.63) is 59.7 Å². The van der Waals surface area contributed by atoms with Crippen molar-refractivity contribution >= 4 is 41.4 Å². The number of urea groups is 1. The fourth-order valence-electron chi connectivity index (χ4n) is 9.72. The highest BCUT2D eigenvalue weighted by atomic mass is 16.6. The van der Waals surface area contributed by atoms with E-state index in [1.54, 1.807) is 48.8 Å². The molecule has 0 unspecified atom stereocenters. The molecule has 4 heterocycles. The number of ether oxygens (including phenoxy) is 4. The summed E-state index contributed by atoms with van der Waals surface area (Å²) in [5.41, 5.74) is 0.538. The number of amides is 7. The van der Waals surface area contributed by atoms with E-state index in [4.69, 9.17) is 18.9 Å². The molecule has 5 aliphatic rings. The van der Waals surface area contributed by atoms with Gasteiger partial charge in [0.1, 0.15) is 29.5 Å². The molecule has 0 bridgehead atoms. The summed E-state index contributed by atoms with van der Waals surface area (Å²) in [4.78, 5) is 86.9. The summed E-state index contributed by atoms with van der Waals surface area (Å²) < 4.78 is 23.7. The molecule has 2 N–H and O–H groups in total. The quantitative estimate of drug-likeness (QED) is 0.319. The van der Waals surface area contributed by atoms with Crippen molar-refractivity contribution in [1.82, 2.24) is 25.3 Å². The third kappa shape index (κ3) is 10.6. The summed E-state index contributed by atoms with van der Waals surface area (Å²) >= 11 is 0. The van der Waals surface area contributed by atoms with Crippen LogP contribution in [-0.2, 0) is 28.6 Å². The van der Waals surface area contributed by atoms with E-state index < -0.39 is 35.2 Å². The van der Waals surface area contributed by atoms with Crippen LogP contribution < -0.4 is 20.3 Å². The number of hydrogen-bond acceptors (Lipinski definition) is 10. The highest BCUT2D eigenvalue weighted by molar-refractivity contribution is 6.07. The van der Waals surface area contributed by atoms with E-state index in [1.165, 1.54) is 12.0 Å². The van der Waals surface area contributed by atoms with E-state index in [0.29, 0.717) is 68.7 Å². The molecule has 0 aromatic heterocycles. The van der Waals surface area contributed by atoms with Gasteiger partial charge >= 0.3 is 12.1 Å². The Kier molecular flexibility index (Phi) is 13.4. The lowest BCUT2D eigenvalue weighted by molar-refractivity contribution is -0.150. The average molecular weight is 873 g/mol. The highest BCUT2D eigenvalue weighted by Gasteiger charge is 2.49. The second-order valence-electron chi connectivity index (χ2n) is 19.9. The van der Waals surface area contributed by atoms with Gasteiger partial charge in [-0.2, -0.15) is 0 Å². The number of anilines is 1. The molecular formula is C47H64N6O10. The maximum Gasteiger partial charge on any atom is 0.408 e. The predicted octanol–water partition coefficient (Wildman–Crippen LogP) is 5.30. The molecule has 2 aromatic carbocycles. The molecule has 7 amide bonds. The van der Waals surface area contributed by atoms with Gasteiger partial charge in [0.25, 0.3) is 5.91 Å². The van der Waals surface area contributed by atoms with Gasteiger partial charge in [-0.15, -0.1) is 0 Å². The molecular weight excluding hydrogens is 809 g/mol. The van der Waals surface area contributed by atoms with Gasteiger partial charge in [-0.05, 0) is 87.0 Å². The Bertz CT molecular complexity index is 2030. The van der Waals surface area contributed by atoms with Crippen LogP contribution in [0.5, 0.6) is 5.75 Å². The monoisotopic (exact) mass is 872 g/mol. The number of piperidine rings is 1. The van der Waals surface area contributed by atoms with Crippen molar-refractivity contribution in [2.45, 2.75) is 110 Å². The standard InChI is InChI=1S/C47H64N6O10/c1-45(2,3)39(49-44(59)63-46(4,5)6)42(57)53-27-33(24-35(53)41(56)51-21-22-61-37(28-51)31-11-9-8-10-12-31)62-29-30-25-47(26-30)16-19-50(20-17-47)40(55)32-13-14-36(60-7)34(23-32)52-18-15-38(54)48-43(52)58/h8-14,23,30,33,35,37,39H,15-22,24-29H2,1-7H3,(H,49,59)(H,48,54,58)/t33-,35-,37-,39+/m0/s1. The zero-order valence-electron chi connectivity index (χ0n) is 37.8. The van der Waals surface area contributed by atoms with Gasteiger partial charge in [-0.25, -0.2) is 9.59 Å². The molecule has 4 saturated heterocycles. The molecule has 1 spiro atoms. The van der Waals surface area contributed by atoms with Gasteiger partial charge in [-0.1, -0.05) is 51.1 Å². The summed E-state index contributed by atoms with van der Waals surface area (Å²) in [6.45, 7) is 14.2. The van der Waals surface area contributed by atoms with E-state index in [9.17, 15) is 28.8 Å². The minimum atomic E-state index is -0.956. The first kappa shape index (κ1) is 45.8. The van der Waals surface area contributed by atoms with Crippen LogP contribution in [0, 0.1) is 16.7 Å². The average Bonchev–Trinajstić information content (AvgIpc) is 3.67. The van der Waals surface area contributed by atoms with Gasteiger partial charge in [0.05, 0.1) is 32.1 Å². The molecule has 4 atom stereocenters. The van der Waals surface area contributed by atoms with Gasteiger partial charge in [0, 0.05) is 57.7 Å². The van der Waals surface area contributed by atoms with Crippen LogP contribution in [0.3, 0.4) is 0 Å². The first-order chi connectivity index (χ1) is 29.8. The van der Waals surface area contributed by atoms with Crippen LogP contribution in [-0.4, -0.2) is 134 Å². The first-order valence-electron chi connectivity index (χ1n) is 22.3. The lowest BCUT2D eigenvalue weighted by Gasteiger charge is -2.52. The Balaban J connectivity index is 0.970. The largest absolute Gasteiger partial charge is 0.495 e. The van der Waals surface area contributed by atoms with Crippen molar-refractivity contribution < 1.29 is 47.7 Å². The minimum Gasteiger partial charge on any atom is -0.495 e. The van der Waals surface area contributed by atoms with Crippen molar-refractivity contribution in [2.24, 2.45) is 16.7 Å². The van der Waals surface area contributed by atoms with Crippen molar-refractivity contribution in [3.8, 4) is 5.75 Å². The normalized spacial score (nSPS) is 23.5. The minimum absolute atomic E-state index is 0.114. The van der Waals surface area contributed by atoms with Crippen LogP contribution in [0.15, 0.2) is 48.5 Å². The molecule has 16 heteroatoms. The van der Waals surface area contributed by atoms with Crippen molar-refractivity contribution in [2.75, 3.05) is 64.5 Å². The number of imide groups is 1. The van der Waals surface area contributed by atoms with Crippen molar-refractivity contribution in [1.29, 1.82) is 0 Å². The Morgan fingerprint density at radius 3 is 2.29 bits per heavy atom. The molecule has 16 nitrogen and oxygen atoms in total. The molecule has 342 valence electrons. The molecule has 4 aliphatic heterocycles. The Morgan fingerprint density at radius 2 is 1.63 bits per heavy atom. The van der Waals surface area contributed by atoms with Crippen LogP contribution in [0.1, 0.15) is 102 Å². The van der Waals surface area contributed by atoms with Gasteiger partial charge in [0.2, 0.25) is 17.7 Å². The van der Waals surface area contributed by atoms with Crippen LogP contribution in [0.2, 0.25) is 0 Å². The second-order valence-corrected chi connectivity index (χ2v) is 19.9. The Hall–Kier alpha value is -5.22. The number of benzene rings is 2. The Morgan fingerprint density at radius 1 is 0.921 bits per heavy atom. The number of nitrogens with one attached hydrogen (secondary N) is 2. The first-order valence-corrected chi connectivity index (χ1v) is 22.3. The molecule has 1 saturated carbocycles. The molecule has 1 aliphatic carbocycles. The maximum atomic E-state index is 14.6. The van der Waals surface area contributed by atoms with Gasteiger partial charge in [0.15, 0.2) is 0 Å². The smallest absolute Gasteiger partial charge is 0.408 e. The number of nitrogens with zero attached hydrogens (tertiary/aromatic N) is 4. The summed E-state index contributed by atoms with van der Waals surface area (Å²) in [7, 11) is 1.50. The van der Waals surface area contributed by atoms with E-state index in [1.807, 2.05) is 56.0 Å². The zero-order valence-corrected chi connectivity index (χ0v) is 37.8. The summed E-state index contributed by atoms with van der Waals surface area (Å²) in [5.74, 6) is -0.225. The summed E-state index contributed by atoms with van der Waals surface area (Å²) in [6.07, 6.45) is 2.78. The highest BCUT2D eigenvalue weighted by Crippen LogP contribution is 2.53. The molecule has 63 heavy (non-hydrogen) atoms. The number of carbonyl (C=O) groups excluding carboxylic acids is 6. The predicted molar refractivity (Wildman–Crippen MR) is 233 cm³/mol. The number of rotatable bonds is 10. The van der Waals surface area contributed by atoms with Crippen LogP contribution >= 0.6 is 0 Å². The third-order valence-electron chi connectivity index (χ3n) is 13.0. The topological polar surface area (TPSA) is 176 Å². The fourth-order valence-corrected chi connectivity index (χ4v) is 9.72. The van der Waals surface area contributed by atoms with Gasteiger partial charge in [-0.3, -0.25) is 29.4 Å². The van der Waals surface area contributed by atoms with Crippen LogP contribution in [0.4, 0.5) is 15.3 Å². The van der Waals surface area contributed by atoms with Gasteiger partial charge < -0.3 is 39.0 Å². The number of morpholine rings is 1. The SMILES string of the molecule is COc1ccc(C(=O)N2CCC3(CC2)CC(CO[C@H]2C[C@@H](C(=O)N4CCO[C@H](c5ccccc5)C4)N(C(=O)[C@@H](NC(=O)OC(C)(C)C)C(C)(C)C)C2)C3)cc1N1CCC(=O)NC1=O. The third-order valence-corrected chi connectivity index (χ3v) is 13.0. The maximum absolute atomic E-state index is 14.6. The summed E-state index contributed by atoms with van der Waals surface area (Å²) in [6, 6.07) is 12.6. The molecule has 7 rings (SSSR count). The van der Waals surface area contributed by atoms with E-state index in [2.05, 4.69) is 10.6 Å². The lowest BCUT2D eigenvalue weighted by Crippen LogP contribution is -2.59. The van der Waals surface area contributed by atoms with E-state index in [-0.39, 0.29) is 60.8 Å². The number of methoxy groups -OCH3 is 1. The second kappa shape index (κ2) is 18.5. The van der Waals surface area contributed by atoms with Crippen LogP contribution in [0.25, 0.3) is 0 Å². The summed E-state index contributed by atoms with van der Waals surface area (Å²) in [5, 5.41) is 5.15. The lowest BCUT2D eigenvalue weighted by atomic mass is 9.58. The number of hydrogen-bond donors (Lipinski definition) is 2. The van der Waals surface area contributed by atoms with E-state index in [0.717, 1.165) is 31.2 Å². The number of carbonyl (C=O) groups is 6. The molecule has 5 fully saturated rings. The van der Waals surface area contributed by atoms with E-state index >= 15 is 0 Å². The fraction of sp³-hybridized carbons (Fsp3) is 0.617. The number of likely N-dealkylation sites (tertiary alicyclic amines) is 2. The Labute approximate surface area is 370 Å².